The van der Waals surface area contributed by atoms with Gasteiger partial charge in [0.15, 0.2) is 0 Å². The lowest BCUT2D eigenvalue weighted by Crippen LogP contribution is -2.16. The summed E-state index contributed by atoms with van der Waals surface area (Å²) in [5.74, 6) is 0.594. The third-order valence-electron chi connectivity index (χ3n) is 5.07. The van der Waals surface area contributed by atoms with Crippen LogP contribution in [0.4, 0.5) is 0 Å². The standard InChI is InChI=1S/C20H36O4/c1-3-5-9-17(4-2)16-24-20(22)13-12-19(21)23-15-14-18-10-7-6-8-11-18/h17-18H,3-16H2,1-2H3. The molecule has 0 N–H and O–H groups in total. The number of unbranched alkanes of at least 4 members (excludes halogenated alkanes) is 1. The lowest BCUT2D eigenvalue weighted by molar-refractivity contribution is -0.151. The molecule has 0 radical (unpaired) electrons. The molecule has 1 atom stereocenters. The number of carbonyl (C=O) groups excluding carboxylic acids is 2. The van der Waals surface area contributed by atoms with E-state index in [1.54, 1.807) is 0 Å². The predicted octanol–water partition coefficient (Wildman–Crippen LogP) is 5.04. The average Bonchev–Trinajstić information content (AvgIpc) is 2.61. The molecule has 1 unspecified atom stereocenters. The molecule has 0 amide bonds. The van der Waals surface area contributed by atoms with Crippen molar-refractivity contribution >= 4 is 11.9 Å². The molecule has 1 rings (SSSR count). The third kappa shape index (κ3) is 9.94. The molecule has 1 saturated carbocycles. The lowest BCUT2D eigenvalue weighted by atomic mass is 9.87. The Bertz CT molecular complexity index is 348. The number of hydrogen-bond acceptors (Lipinski definition) is 4. The summed E-state index contributed by atoms with van der Waals surface area (Å²) >= 11 is 0. The molecule has 1 aliphatic carbocycles. The normalized spacial score (nSPS) is 16.6. The number of carbonyl (C=O) groups is 2. The molecule has 0 aromatic carbocycles. The van der Waals surface area contributed by atoms with Gasteiger partial charge in [0.2, 0.25) is 0 Å². The van der Waals surface area contributed by atoms with E-state index in [2.05, 4.69) is 13.8 Å². The van der Waals surface area contributed by atoms with Gasteiger partial charge in [-0.25, -0.2) is 0 Å². The second-order valence-electron chi connectivity index (χ2n) is 7.11. The first-order chi connectivity index (χ1) is 11.7. The minimum atomic E-state index is -0.283. The van der Waals surface area contributed by atoms with Crippen LogP contribution < -0.4 is 0 Å². The number of ether oxygens (including phenoxy) is 2. The molecule has 4 nitrogen and oxygen atoms in total. The van der Waals surface area contributed by atoms with Gasteiger partial charge in [0.05, 0.1) is 26.1 Å². The SMILES string of the molecule is CCCCC(CC)COC(=O)CCC(=O)OCCC1CCCCC1. The molecule has 0 bridgehead atoms. The Morgan fingerprint density at radius 2 is 1.67 bits per heavy atom. The summed E-state index contributed by atoms with van der Waals surface area (Å²) in [5, 5.41) is 0. The van der Waals surface area contributed by atoms with Crippen LogP contribution in [-0.2, 0) is 19.1 Å². The van der Waals surface area contributed by atoms with Crippen LogP contribution in [0.3, 0.4) is 0 Å². The summed E-state index contributed by atoms with van der Waals surface area (Å²) < 4.78 is 10.5. The molecule has 4 heteroatoms. The van der Waals surface area contributed by atoms with Crippen molar-refractivity contribution < 1.29 is 19.1 Å². The maximum atomic E-state index is 11.7. The highest BCUT2D eigenvalue weighted by Crippen LogP contribution is 2.26. The van der Waals surface area contributed by atoms with E-state index >= 15 is 0 Å². The van der Waals surface area contributed by atoms with E-state index in [1.165, 1.54) is 38.5 Å². The molecular formula is C20H36O4. The van der Waals surface area contributed by atoms with Gasteiger partial charge in [-0.2, -0.15) is 0 Å². The Kier molecular flexibility index (Phi) is 11.6. The molecule has 1 aliphatic rings. The zero-order valence-electron chi connectivity index (χ0n) is 15.7. The van der Waals surface area contributed by atoms with Crippen molar-refractivity contribution in [1.29, 1.82) is 0 Å². The van der Waals surface area contributed by atoms with E-state index in [1.807, 2.05) is 0 Å². The molecule has 0 spiro atoms. The first-order valence-corrected chi connectivity index (χ1v) is 9.96. The Labute approximate surface area is 147 Å². The zero-order valence-corrected chi connectivity index (χ0v) is 15.7. The van der Waals surface area contributed by atoms with Crippen molar-refractivity contribution in [3.05, 3.63) is 0 Å². The van der Waals surface area contributed by atoms with Gasteiger partial charge >= 0.3 is 11.9 Å². The first-order valence-electron chi connectivity index (χ1n) is 9.96. The number of hydrogen-bond donors (Lipinski definition) is 0. The Morgan fingerprint density at radius 1 is 1.00 bits per heavy atom. The van der Waals surface area contributed by atoms with Gasteiger partial charge in [0.25, 0.3) is 0 Å². The smallest absolute Gasteiger partial charge is 0.306 e. The maximum Gasteiger partial charge on any atom is 0.306 e. The van der Waals surface area contributed by atoms with Gasteiger partial charge in [-0.3, -0.25) is 9.59 Å². The van der Waals surface area contributed by atoms with Gasteiger partial charge in [0, 0.05) is 0 Å². The van der Waals surface area contributed by atoms with Crippen LogP contribution in [0, 0.1) is 11.8 Å². The number of rotatable bonds is 12. The topological polar surface area (TPSA) is 52.6 Å². The minimum absolute atomic E-state index is 0.131. The third-order valence-corrected chi connectivity index (χ3v) is 5.07. The fourth-order valence-electron chi connectivity index (χ4n) is 3.27. The van der Waals surface area contributed by atoms with Gasteiger partial charge in [-0.1, -0.05) is 65.2 Å². The summed E-state index contributed by atoms with van der Waals surface area (Å²) in [6, 6.07) is 0. The molecule has 0 aromatic rings. The van der Waals surface area contributed by atoms with Crippen molar-refractivity contribution in [2.75, 3.05) is 13.2 Å². The summed E-state index contributed by atoms with van der Waals surface area (Å²) in [7, 11) is 0. The van der Waals surface area contributed by atoms with Gasteiger partial charge in [0.1, 0.15) is 0 Å². The second kappa shape index (κ2) is 13.3. The predicted molar refractivity (Wildman–Crippen MR) is 95.7 cm³/mol. The molecule has 0 heterocycles. The highest BCUT2D eigenvalue weighted by molar-refractivity contribution is 5.77. The van der Waals surface area contributed by atoms with Crippen LogP contribution in [0.15, 0.2) is 0 Å². The molecule has 140 valence electrons. The van der Waals surface area contributed by atoms with Crippen LogP contribution >= 0.6 is 0 Å². The van der Waals surface area contributed by atoms with Crippen molar-refractivity contribution in [2.24, 2.45) is 11.8 Å². The van der Waals surface area contributed by atoms with Crippen molar-refractivity contribution in [3.63, 3.8) is 0 Å². The molecule has 1 fully saturated rings. The van der Waals surface area contributed by atoms with E-state index in [0.717, 1.165) is 25.7 Å². The van der Waals surface area contributed by atoms with Crippen LogP contribution in [0.5, 0.6) is 0 Å². The van der Waals surface area contributed by atoms with Gasteiger partial charge < -0.3 is 9.47 Å². The second-order valence-corrected chi connectivity index (χ2v) is 7.11. The molecule has 0 saturated heterocycles. The Hall–Kier alpha value is -1.06. The molecule has 0 aromatic heterocycles. The van der Waals surface area contributed by atoms with Crippen LogP contribution in [-0.4, -0.2) is 25.2 Å². The summed E-state index contributed by atoms with van der Waals surface area (Å²) in [4.78, 5) is 23.4. The van der Waals surface area contributed by atoms with Crippen molar-refractivity contribution in [3.8, 4) is 0 Å². The monoisotopic (exact) mass is 340 g/mol. The first kappa shape index (κ1) is 21.0. The largest absolute Gasteiger partial charge is 0.466 e. The summed E-state index contributed by atoms with van der Waals surface area (Å²) in [5.41, 5.74) is 0. The van der Waals surface area contributed by atoms with Crippen LogP contribution in [0.2, 0.25) is 0 Å². The maximum absolute atomic E-state index is 11.7. The molecular weight excluding hydrogens is 304 g/mol. The zero-order chi connectivity index (χ0) is 17.6. The van der Waals surface area contributed by atoms with E-state index in [-0.39, 0.29) is 24.8 Å². The highest BCUT2D eigenvalue weighted by atomic mass is 16.5. The van der Waals surface area contributed by atoms with Crippen LogP contribution in [0.1, 0.15) is 90.9 Å². The minimum Gasteiger partial charge on any atom is -0.466 e. The fraction of sp³-hybridized carbons (Fsp3) is 0.900. The van der Waals surface area contributed by atoms with Gasteiger partial charge in [-0.05, 0) is 24.7 Å². The van der Waals surface area contributed by atoms with E-state index < -0.39 is 0 Å². The Morgan fingerprint density at radius 3 is 2.29 bits per heavy atom. The fourth-order valence-corrected chi connectivity index (χ4v) is 3.27. The van der Waals surface area contributed by atoms with Crippen LogP contribution in [0.25, 0.3) is 0 Å². The van der Waals surface area contributed by atoms with Crippen molar-refractivity contribution in [2.45, 2.75) is 90.9 Å². The summed E-state index contributed by atoms with van der Waals surface area (Å²) in [6.45, 7) is 5.26. The Balaban J connectivity index is 2.04. The average molecular weight is 341 g/mol. The van der Waals surface area contributed by atoms with E-state index in [4.69, 9.17) is 9.47 Å². The highest BCUT2D eigenvalue weighted by Gasteiger charge is 2.15. The molecule has 0 aliphatic heterocycles. The summed E-state index contributed by atoms with van der Waals surface area (Å²) in [6.07, 6.45) is 12.2. The van der Waals surface area contributed by atoms with E-state index in [0.29, 0.717) is 25.0 Å². The van der Waals surface area contributed by atoms with E-state index in [9.17, 15) is 9.59 Å². The van der Waals surface area contributed by atoms with Crippen molar-refractivity contribution in [1.82, 2.24) is 0 Å². The van der Waals surface area contributed by atoms with Gasteiger partial charge in [-0.15, -0.1) is 0 Å². The number of esters is 2. The lowest BCUT2D eigenvalue weighted by Gasteiger charge is -2.21. The quantitative estimate of drug-likeness (QED) is 0.467. The molecule has 24 heavy (non-hydrogen) atoms.